The number of rotatable bonds is 5. The van der Waals surface area contributed by atoms with E-state index in [1.807, 2.05) is 12.1 Å². The predicted molar refractivity (Wildman–Crippen MR) is 149 cm³/mol. The van der Waals surface area contributed by atoms with Crippen LogP contribution in [0.1, 0.15) is 50.2 Å². The summed E-state index contributed by atoms with van der Waals surface area (Å²) in [6.45, 7) is -0.00653. The Morgan fingerprint density at radius 1 is 0.907 bits per heavy atom. The quantitative estimate of drug-likeness (QED) is 0.234. The van der Waals surface area contributed by atoms with Gasteiger partial charge in [0.15, 0.2) is 0 Å². The molecule has 0 unspecified atom stereocenters. The number of nitrogens with zero attached hydrogens (tertiary/aromatic N) is 2. The van der Waals surface area contributed by atoms with E-state index in [1.54, 1.807) is 42.6 Å². The number of carbonyl (C=O) groups excluding carboxylic acids is 2. The Morgan fingerprint density at radius 2 is 1.56 bits per heavy atom. The third-order valence-corrected chi connectivity index (χ3v) is 7.70. The summed E-state index contributed by atoms with van der Waals surface area (Å²) in [6.07, 6.45) is -6.42. The summed E-state index contributed by atoms with van der Waals surface area (Å²) in [5.41, 5.74) is -2.74. The molecule has 2 amide bonds. The summed E-state index contributed by atoms with van der Waals surface area (Å²) in [5, 5.41) is 4.92. The number of carbonyl (C=O) groups is 2. The smallest absolute Gasteiger partial charge is 0.349 e. The highest BCUT2D eigenvalue weighted by molar-refractivity contribution is 6.30. The molecule has 1 N–H and O–H groups in total. The number of piperidine rings is 1. The molecule has 43 heavy (non-hydrogen) atoms. The number of pyridine rings is 1. The van der Waals surface area contributed by atoms with Gasteiger partial charge >= 0.3 is 12.4 Å². The number of benzene rings is 3. The molecule has 1 saturated heterocycles. The van der Waals surface area contributed by atoms with Crippen molar-refractivity contribution in [2.24, 2.45) is 0 Å². The first-order valence-electron chi connectivity index (χ1n) is 13.3. The van der Waals surface area contributed by atoms with Crippen molar-refractivity contribution in [3.63, 3.8) is 0 Å². The van der Waals surface area contributed by atoms with Crippen LogP contribution in [0.2, 0.25) is 5.02 Å². The summed E-state index contributed by atoms with van der Waals surface area (Å²) in [5.74, 6) is -1.34. The predicted octanol–water partition coefficient (Wildman–Crippen LogP) is 7.57. The molecule has 0 spiro atoms. The fraction of sp³-hybridized carbons (Fsp3) is 0.258. The number of amides is 2. The van der Waals surface area contributed by atoms with E-state index in [9.17, 15) is 35.9 Å². The number of hydrogen-bond acceptors (Lipinski definition) is 3. The highest BCUT2D eigenvalue weighted by Crippen LogP contribution is 2.37. The topological polar surface area (TPSA) is 62.3 Å². The van der Waals surface area contributed by atoms with Crippen LogP contribution in [0, 0.1) is 0 Å². The molecule has 5 rings (SSSR count). The van der Waals surface area contributed by atoms with Crippen LogP contribution in [0.25, 0.3) is 10.8 Å². The van der Waals surface area contributed by atoms with Crippen molar-refractivity contribution in [1.82, 2.24) is 15.2 Å². The van der Waals surface area contributed by atoms with E-state index in [0.717, 1.165) is 10.9 Å². The number of hydrogen-bond donors (Lipinski definition) is 1. The summed E-state index contributed by atoms with van der Waals surface area (Å²) in [6, 6.07) is 13.8. The van der Waals surface area contributed by atoms with Gasteiger partial charge in [0, 0.05) is 47.0 Å². The molecule has 224 valence electrons. The summed E-state index contributed by atoms with van der Waals surface area (Å²) in [7, 11) is 0. The van der Waals surface area contributed by atoms with E-state index < -0.39 is 47.0 Å². The Labute approximate surface area is 247 Å². The zero-order valence-electron chi connectivity index (χ0n) is 22.3. The lowest BCUT2D eigenvalue weighted by molar-refractivity contribution is -0.143. The molecule has 1 aliphatic heterocycles. The first-order chi connectivity index (χ1) is 20.3. The van der Waals surface area contributed by atoms with Gasteiger partial charge in [-0.3, -0.25) is 14.6 Å². The number of nitrogens with one attached hydrogen (secondary N) is 1. The van der Waals surface area contributed by atoms with Crippen molar-refractivity contribution < 1.29 is 35.9 Å². The van der Waals surface area contributed by atoms with Crippen LogP contribution in [0.4, 0.5) is 26.3 Å². The van der Waals surface area contributed by atoms with E-state index in [2.05, 4.69) is 10.3 Å². The van der Waals surface area contributed by atoms with Gasteiger partial charge in [-0.25, -0.2) is 0 Å². The van der Waals surface area contributed by atoms with Gasteiger partial charge in [-0.2, -0.15) is 26.3 Å². The van der Waals surface area contributed by atoms with Crippen LogP contribution < -0.4 is 5.32 Å². The molecule has 1 aromatic heterocycles. The molecule has 1 aliphatic rings. The van der Waals surface area contributed by atoms with Crippen LogP contribution in [0.3, 0.4) is 0 Å². The molecule has 0 radical (unpaired) electrons. The highest BCUT2D eigenvalue weighted by Gasteiger charge is 2.39. The number of alkyl halides is 6. The minimum atomic E-state index is -5.09. The normalized spacial score (nSPS) is 17.6. The van der Waals surface area contributed by atoms with E-state index in [0.29, 0.717) is 28.1 Å². The standard InChI is InChI=1S/C31H24ClF6N3O2/c32-23-7-5-18(6-8-23)11-25-15-24(40-28(42)27-17-39-16-19-3-1-2-4-26(19)27)9-10-41(25)29(43)20-12-21(30(33,34)35)14-22(13-20)31(36,37)38/h1-8,12-14,16-17,24-25H,9-11,15H2,(H,40,42)/t24-,25+/m0/s1. The van der Waals surface area contributed by atoms with Crippen molar-refractivity contribution >= 4 is 34.2 Å². The van der Waals surface area contributed by atoms with Gasteiger partial charge in [-0.05, 0) is 60.5 Å². The molecule has 1 fully saturated rings. The second-order valence-corrected chi connectivity index (χ2v) is 10.8. The van der Waals surface area contributed by atoms with Gasteiger partial charge < -0.3 is 10.2 Å². The van der Waals surface area contributed by atoms with Crippen molar-refractivity contribution in [3.05, 3.63) is 112 Å². The maximum atomic E-state index is 13.6. The lowest BCUT2D eigenvalue weighted by atomic mass is 9.90. The number of fused-ring (bicyclic) bond motifs is 1. The first-order valence-corrected chi connectivity index (χ1v) is 13.7. The monoisotopic (exact) mass is 619 g/mol. The van der Waals surface area contributed by atoms with Gasteiger partial charge in [0.2, 0.25) is 0 Å². The fourth-order valence-corrected chi connectivity index (χ4v) is 5.47. The molecule has 5 nitrogen and oxygen atoms in total. The highest BCUT2D eigenvalue weighted by atomic mass is 35.5. The average Bonchev–Trinajstić information content (AvgIpc) is 2.96. The molecule has 2 heterocycles. The Balaban J connectivity index is 1.44. The summed E-state index contributed by atoms with van der Waals surface area (Å²) < 4.78 is 81.0. The van der Waals surface area contributed by atoms with Gasteiger partial charge in [0.1, 0.15) is 0 Å². The first kappa shape index (κ1) is 30.3. The van der Waals surface area contributed by atoms with Crippen LogP contribution in [0.15, 0.2) is 79.1 Å². The molecule has 3 aromatic carbocycles. The average molecular weight is 620 g/mol. The van der Waals surface area contributed by atoms with Crippen LogP contribution in [-0.4, -0.2) is 40.3 Å². The van der Waals surface area contributed by atoms with E-state index >= 15 is 0 Å². The fourth-order valence-electron chi connectivity index (χ4n) is 5.34. The molecule has 0 bridgehead atoms. The Hall–Kier alpha value is -4.12. The van der Waals surface area contributed by atoms with Crippen LogP contribution in [0.5, 0.6) is 0 Å². The third kappa shape index (κ3) is 6.93. The lowest BCUT2D eigenvalue weighted by Crippen LogP contribution is -2.52. The van der Waals surface area contributed by atoms with Crippen molar-refractivity contribution in [1.29, 1.82) is 0 Å². The summed E-state index contributed by atoms with van der Waals surface area (Å²) in [4.78, 5) is 32.3. The zero-order chi connectivity index (χ0) is 30.9. The molecule has 0 saturated carbocycles. The van der Waals surface area contributed by atoms with Gasteiger partial charge in [0.05, 0.1) is 16.7 Å². The lowest BCUT2D eigenvalue weighted by Gasteiger charge is -2.40. The van der Waals surface area contributed by atoms with E-state index in [-0.39, 0.29) is 37.8 Å². The Bertz CT molecular complexity index is 1620. The van der Waals surface area contributed by atoms with E-state index in [1.165, 1.54) is 11.1 Å². The molecule has 2 atom stereocenters. The molecular formula is C31H24ClF6N3O2. The summed E-state index contributed by atoms with van der Waals surface area (Å²) >= 11 is 6.00. The molecule has 4 aromatic rings. The molecular weight excluding hydrogens is 596 g/mol. The Morgan fingerprint density at radius 3 is 2.21 bits per heavy atom. The van der Waals surface area contributed by atoms with E-state index in [4.69, 9.17) is 11.6 Å². The number of aromatic nitrogens is 1. The largest absolute Gasteiger partial charge is 0.416 e. The van der Waals surface area contributed by atoms with Crippen LogP contribution in [-0.2, 0) is 18.8 Å². The van der Waals surface area contributed by atoms with Gasteiger partial charge in [-0.15, -0.1) is 0 Å². The van der Waals surface area contributed by atoms with Crippen molar-refractivity contribution in [3.8, 4) is 0 Å². The second-order valence-electron chi connectivity index (χ2n) is 10.4. The molecule has 0 aliphatic carbocycles. The molecule has 12 heteroatoms. The second kappa shape index (κ2) is 11.9. The van der Waals surface area contributed by atoms with Gasteiger partial charge in [0.25, 0.3) is 11.8 Å². The van der Waals surface area contributed by atoms with Crippen molar-refractivity contribution in [2.45, 2.75) is 43.7 Å². The Kier molecular flexibility index (Phi) is 8.38. The minimum Gasteiger partial charge on any atom is -0.349 e. The SMILES string of the molecule is O=C(N[C@H]1CCN(C(=O)c2cc(C(F)(F)F)cc(C(F)(F)F)c2)[C@H](Cc2ccc(Cl)cc2)C1)c1cncc2ccccc12. The maximum Gasteiger partial charge on any atom is 0.416 e. The minimum absolute atomic E-state index is 0.00653. The van der Waals surface area contributed by atoms with Crippen molar-refractivity contribution in [2.75, 3.05) is 6.54 Å². The van der Waals surface area contributed by atoms with Crippen LogP contribution >= 0.6 is 11.6 Å². The maximum absolute atomic E-state index is 13.6. The van der Waals surface area contributed by atoms with Gasteiger partial charge in [-0.1, -0.05) is 48.0 Å². The third-order valence-electron chi connectivity index (χ3n) is 7.44. The zero-order valence-corrected chi connectivity index (χ0v) is 23.1. The number of likely N-dealkylation sites (tertiary alicyclic amines) is 1. The number of halogens is 7.